The molecule has 3 aromatic carbocycles. The fourth-order valence-electron chi connectivity index (χ4n) is 4.02. The highest BCUT2D eigenvalue weighted by Gasteiger charge is 2.42. The van der Waals surface area contributed by atoms with Gasteiger partial charge >= 0.3 is 11.9 Å². The summed E-state index contributed by atoms with van der Waals surface area (Å²) in [5, 5.41) is 0. The van der Waals surface area contributed by atoms with E-state index in [9.17, 15) is 14.4 Å². The van der Waals surface area contributed by atoms with E-state index in [-0.39, 0.29) is 13.0 Å². The average molecular weight is 456 g/mol. The van der Waals surface area contributed by atoms with Crippen LogP contribution >= 0.6 is 0 Å². The van der Waals surface area contributed by atoms with E-state index in [4.69, 9.17) is 14.2 Å². The smallest absolute Gasteiger partial charge is 0.338 e. The fraction of sp³-hybridized carbons (Fsp3) is 0.179. The molecular formula is C28H24O6. The lowest BCUT2D eigenvalue weighted by atomic mass is 10.0. The number of hydrogen-bond donors (Lipinski definition) is 0. The highest BCUT2D eigenvalue weighted by Crippen LogP contribution is 2.35. The number of ether oxygens (including phenoxy) is 3. The Hall–Kier alpha value is -4.19. The van der Waals surface area contributed by atoms with E-state index in [1.807, 2.05) is 42.5 Å². The predicted octanol–water partition coefficient (Wildman–Crippen LogP) is 4.85. The summed E-state index contributed by atoms with van der Waals surface area (Å²) < 4.78 is 16.3. The second-order valence-corrected chi connectivity index (χ2v) is 7.99. The molecule has 3 aromatic rings. The third-order valence-electron chi connectivity index (χ3n) is 5.89. The summed E-state index contributed by atoms with van der Waals surface area (Å²) in [7, 11) is 0. The van der Waals surface area contributed by atoms with Crippen LogP contribution in [0.3, 0.4) is 0 Å². The third kappa shape index (κ3) is 5.23. The van der Waals surface area contributed by atoms with Gasteiger partial charge in [0.25, 0.3) is 6.47 Å². The maximum absolute atomic E-state index is 12.7. The van der Waals surface area contributed by atoms with Gasteiger partial charge in [-0.1, -0.05) is 67.2 Å². The molecule has 0 aromatic heterocycles. The molecule has 0 spiro atoms. The molecule has 6 heteroatoms. The lowest BCUT2D eigenvalue weighted by Gasteiger charge is -2.20. The van der Waals surface area contributed by atoms with Gasteiger partial charge in [-0.3, -0.25) is 4.79 Å². The van der Waals surface area contributed by atoms with Crippen molar-refractivity contribution in [1.82, 2.24) is 0 Å². The summed E-state index contributed by atoms with van der Waals surface area (Å²) in [5.41, 5.74) is 3.39. The number of carbonyl (C=O) groups is 3. The van der Waals surface area contributed by atoms with Gasteiger partial charge in [0.05, 0.1) is 17.0 Å². The topological polar surface area (TPSA) is 78.9 Å². The van der Waals surface area contributed by atoms with E-state index in [0.717, 1.165) is 11.1 Å². The van der Waals surface area contributed by atoms with Gasteiger partial charge in [0.15, 0.2) is 0 Å². The van der Waals surface area contributed by atoms with Crippen molar-refractivity contribution >= 4 is 18.4 Å². The molecule has 3 atom stereocenters. The van der Waals surface area contributed by atoms with Crippen LogP contribution in [0.1, 0.15) is 27.1 Å². The quantitative estimate of drug-likeness (QED) is 0.209. The normalized spacial score (nSPS) is 19.3. The van der Waals surface area contributed by atoms with E-state index >= 15 is 0 Å². The van der Waals surface area contributed by atoms with Crippen molar-refractivity contribution in [1.29, 1.82) is 0 Å². The first kappa shape index (κ1) is 23.0. The third-order valence-corrected chi connectivity index (χ3v) is 5.89. The van der Waals surface area contributed by atoms with Crippen LogP contribution in [0.5, 0.6) is 0 Å². The van der Waals surface area contributed by atoms with E-state index < -0.39 is 30.1 Å². The summed E-state index contributed by atoms with van der Waals surface area (Å²) in [5.74, 6) is -1.50. The summed E-state index contributed by atoms with van der Waals surface area (Å²) >= 11 is 0. The molecule has 1 fully saturated rings. The number of carbonyl (C=O) groups excluding carboxylic acids is 3. The molecule has 1 aliphatic rings. The van der Waals surface area contributed by atoms with Crippen LogP contribution in [0.2, 0.25) is 0 Å². The standard InChI is InChI=1S/C28H24O6/c1-19-24(26(16-25(19)33-18-29)34-28(31)22-10-6-3-7-11-22)17-32-27(30)23-14-12-21(13-15-23)20-8-4-2-5-9-20/h2-15,18,24-26H,1,16-17H2. The molecule has 34 heavy (non-hydrogen) atoms. The maximum atomic E-state index is 12.7. The van der Waals surface area contributed by atoms with Gasteiger partial charge in [0.2, 0.25) is 0 Å². The minimum Gasteiger partial charge on any atom is -0.461 e. The Labute approximate surface area is 197 Å². The van der Waals surface area contributed by atoms with Crippen molar-refractivity contribution < 1.29 is 28.6 Å². The first-order valence-corrected chi connectivity index (χ1v) is 10.9. The first-order chi connectivity index (χ1) is 16.6. The SMILES string of the molecule is C=C1C(OC=O)CC(OC(=O)c2ccccc2)C1COC(=O)c1ccc(-c2ccccc2)cc1. The van der Waals surface area contributed by atoms with Crippen LogP contribution in [0.15, 0.2) is 97.1 Å². The van der Waals surface area contributed by atoms with Gasteiger partial charge in [-0.15, -0.1) is 0 Å². The zero-order valence-corrected chi connectivity index (χ0v) is 18.5. The molecule has 6 nitrogen and oxygen atoms in total. The monoisotopic (exact) mass is 456 g/mol. The second-order valence-electron chi connectivity index (χ2n) is 7.99. The Morgan fingerprint density at radius 1 is 0.824 bits per heavy atom. The van der Waals surface area contributed by atoms with E-state index in [1.165, 1.54) is 0 Å². The van der Waals surface area contributed by atoms with Crippen LogP contribution in [0.4, 0.5) is 0 Å². The van der Waals surface area contributed by atoms with Crippen molar-refractivity contribution in [2.24, 2.45) is 5.92 Å². The lowest BCUT2D eigenvalue weighted by Crippen LogP contribution is -2.27. The molecule has 0 heterocycles. The summed E-state index contributed by atoms with van der Waals surface area (Å²) in [6.45, 7) is 4.29. The zero-order chi connectivity index (χ0) is 23.9. The molecule has 0 radical (unpaired) electrons. The lowest BCUT2D eigenvalue weighted by molar-refractivity contribution is -0.132. The summed E-state index contributed by atoms with van der Waals surface area (Å²) in [6, 6.07) is 25.6. The molecule has 172 valence electrons. The van der Waals surface area contributed by atoms with Crippen molar-refractivity contribution in [3.8, 4) is 11.1 Å². The molecule has 0 N–H and O–H groups in total. The highest BCUT2D eigenvalue weighted by molar-refractivity contribution is 5.90. The average Bonchev–Trinajstić information content (AvgIpc) is 3.17. The largest absolute Gasteiger partial charge is 0.461 e. The van der Waals surface area contributed by atoms with Crippen LogP contribution in [-0.4, -0.2) is 37.2 Å². The second kappa shape index (κ2) is 10.6. The molecule has 0 aliphatic heterocycles. The van der Waals surface area contributed by atoms with Gasteiger partial charge in [0.1, 0.15) is 18.8 Å². The van der Waals surface area contributed by atoms with Crippen LogP contribution < -0.4 is 0 Å². The number of rotatable bonds is 8. The molecule has 4 rings (SSSR count). The molecule has 0 bridgehead atoms. The van der Waals surface area contributed by atoms with Gasteiger partial charge in [-0.25, -0.2) is 9.59 Å². The number of hydrogen-bond acceptors (Lipinski definition) is 6. The molecule has 3 unspecified atom stereocenters. The highest BCUT2D eigenvalue weighted by atomic mass is 16.6. The minimum atomic E-state index is -0.640. The minimum absolute atomic E-state index is 0.0520. The van der Waals surface area contributed by atoms with Crippen molar-refractivity contribution in [2.75, 3.05) is 6.61 Å². The van der Waals surface area contributed by atoms with Crippen LogP contribution in [0, 0.1) is 5.92 Å². The molecule has 1 saturated carbocycles. The zero-order valence-electron chi connectivity index (χ0n) is 18.5. The van der Waals surface area contributed by atoms with E-state index in [1.54, 1.807) is 42.5 Å². The molecule has 0 amide bonds. The van der Waals surface area contributed by atoms with Gasteiger partial charge < -0.3 is 14.2 Å². The van der Waals surface area contributed by atoms with Crippen LogP contribution in [0.25, 0.3) is 11.1 Å². The Morgan fingerprint density at radius 2 is 1.41 bits per heavy atom. The Balaban J connectivity index is 1.42. The maximum Gasteiger partial charge on any atom is 0.338 e. The van der Waals surface area contributed by atoms with Crippen molar-refractivity contribution in [3.05, 3.63) is 108 Å². The molecule has 0 saturated heterocycles. The fourth-order valence-corrected chi connectivity index (χ4v) is 4.02. The van der Waals surface area contributed by atoms with Crippen LogP contribution in [-0.2, 0) is 19.0 Å². The van der Waals surface area contributed by atoms with Gasteiger partial charge in [-0.05, 0) is 41.0 Å². The predicted molar refractivity (Wildman–Crippen MR) is 126 cm³/mol. The van der Waals surface area contributed by atoms with E-state index in [2.05, 4.69) is 6.58 Å². The summed E-state index contributed by atoms with van der Waals surface area (Å²) in [6.07, 6.45) is -0.997. The van der Waals surface area contributed by atoms with E-state index in [0.29, 0.717) is 23.2 Å². The van der Waals surface area contributed by atoms with Crippen molar-refractivity contribution in [2.45, 2.75) is 18.6 Å². The number of benzene rings is 3. The first-order valence-electron chi connectivity index (χ1n) is 10.9. The van der Waals surface area contributed by atoms with Gasteiger partial charge in [0, 0.05) is 6.42 Å². The molecular weight excluding hydrogens is 432 g/mol. The van der Waals surface area contributed by atoms with Crippen molar-refractivity contribution in [3.63, 3.8) is 0 Å². The number of esters is 2. The Kier molecular flexibility index (Phi) is 7.18. The Morgan fingerprint density at radius 3 is 2.06 bits per heavy atom. The Bertz CT molecular complexity index is 1150. The summed E-state index contributed by atoms with van der Waals surface area (Å²) in [4.78, 5) is 36.1. The molecule has 1 aliphatic carbocycles. The van der Waals surface area contributed by atoms with Gasteiger partial charge in [-0.2, -0.15) is 0 Å².